The fraction of sp³-hybridized carbons (Fsp3) is 0.476. The van der Waals surface area contributed by atoms with Crippen LogP contribution in [0.3, 0.4) is 0 Å². The van der Waals surface area contributed by atoms with Gasteiger partial charge in [-0.2, -0.15) is 0 Å². The van der Waals surface area contributed by atoms with Gasteiger partial charge in [0.1, 0.15) is 0 Å². The maximum atomic E-state index is 12.9. The maximum Gasteiger partial charge on any atom is 0.332 e. The summed E-state index contributed by atoms with van der Waals surface area (Å²) in [6.45, 7) is 5.94. The second-order valence-electron chi connectivity index (χ2n) is 7.21. The molecular weight excluding hydrogens is 356 g/mol. The molecule has 3 rings (SSSR count). The molecule has 2 heterocycles. The number of nitrogens with zero attached hydrogens (tertiary/aromatic N) is 2. The van der Waals surface area contributed by atoms with E-state index in [9.17, 15) is 14.7 Å². The van der Waals surface area contributed by atoms with Gasteiger partial charge in [0.15, 0.2) is 0 Å². The van der Waals surface area contributed by atoms with Crippen LogP contribution >= 0.6 is 0 Å². The van der Waals surface area contributed by atoms with Gasteiger partial charge in [0.25, 0.3) is 5.56 Å². The van der Waals surface area contributed by atoms with Crippen LogP contribution in [-0.4, -0.2) is 41.4 Å². The van der Waals surface area contributed by atoms with Gasteiger partial charge < -0.3 is 10.0 Å². The second kappa shape index (κ2) is 9.50. The quantitative estimate of drug-likeness (QED) is 0.529. The molecule has 1 saturated heterocycles. The molecule has 1 aromatic heterocycles. The predicted octanol–water partition coefficient (Wildman–Crippen LogP) is 0.257. The third-order valence-corrected chi connectivity index (χ3v) is 5.26. The molecule has 0 saturated carbocycles. The molecule has 1 aromatic carbocycles. The molecule has 1 aliphatic heterocycles. The van der Waals surface area contributed by atoms with Crippen LogP contribution in [0.1, 0.15) is 44.6 Å². The van der Waals surface area contributed by atoms with E-state index in [0.29, 0.717) is 24.4 Å². The number of rotatable bonds is 7. The zero-order chi connectivity index (χ0) is 19.9. The van der Waals surface area contributed by atoms with Crippen molar-refractivity contribution in [3.8, 4) is 11.6 Å². The Balaban J connectivity index is 1.83. The van der Waals surface area contributed by atoms with E-state index in [1.165, 1.54) is 32.4 Å². The molecule has 2 aromatic rings. The van der Waals surface area contributed by atoms with E-state index in [1.54, 1.807) is 35.2 Å². The maximum absolute atomic E-state index is 12.9. The van der Waals surface area contributed by atoms with Gasteiger partial charge in [-0.25, -0.2) is 4.79 Å². The minimum atomic E-state index is -0.728. The molecule has 0 atom stereocenters. The monoisotopic (exact) mass is 384 g/mol. The van der Waals surface area contributed by atoms with Crippen molar-refractivity contribution in [1.29, 1.82) is 0 Å². The van der Waals surface area contributed by atoms with E-state index in [1.807, 2.05) is 6.92 Å². The van der Waals surface area contributed by atoms with Gasteiger partial charge in [-0.15, -0.1) is 0 Å². The molecule has 150 valence electrons. The minimum Gasteiger partial charge on any atom is -0.859 e. The highest BCUT2D eigenvalue weighted by Gasteiger charge is 2.15. The lowest BCUT2D eigenvalue weighted by Crippen LogP contribution is -3.12. The number of hydrogen-bond donors (Lipinski definition) is 2. The average molecular weight is 384 g/mol. The highest BCUT2D eigenvalue weighted by atomic mass is 16.3. The van der Waals surface area contributed by atoms with Gasteiger partial charge >= 0.3 is 5.69 Å². The summed E-state index contributed by atoms with van der Waals surface area (Å²) in [6, 6.07) is 8.60. The molecule has 0 spiro atoms. The Labute approximate surface area is 164 Å². The van der Waals surface area contributed by atoms with Crippen LogP contribution in [0.2, 0.25) is 0 Å². The molecule has 7 heteroatoms. The summed E-state index contributed by atoms with van der Waals surface area (Å²) in [5, 5.41) is 12.9. The molecule has 7 nitrogen and oxygen atoms in total. The van der Waals surface area contributed by atoms with Gasteiger partial charge in [-0.3, -0.25) is 19.3 Å². The molecule has 2 N–H and O–H groups in total. The van der Waals surface area contributed by atoms with Crippen LogP contribution in [-0.2, 0) is 0 Å². The van der Waals surface area contributed by atoms with Crippen LogP contribution in [0.25, 0.3) is 5.69 Å². The SMILES string of the molecule is CCC(=NCCC[NH+]1CCCCC1)c1c([O-])n(-c2ccccc2)c(=O)[nH]c1=O. The first kappa shape index (κ1) is 20.1. The first-order chi connectivity index (χ1) is 13.6. The molecule has 0 amide bonds. The normalized spacial score (nSPS) is 15.7. The van der Waals surface area contributed by atoms with Crippen molar-refractivity contribution in [2.75, 3.05) is 26.2 Å². The fourth-order valence-electron chi connectivity index (χ4n) is 3.80. The van der Waals surface area contributed by atoms with Crippen LogP contribution in [0.5, 0.6) is 5.88 Å². The van der Waals surface area contributed by atoms with Gasteiger partial charge in [-0.05, 0) is 43.7 Å². The predicted molar refractivity (Wildman–Crippen MR) is 108 cm³/mol. The van der Waals surface area contributed by atoms with Crippen molar-refractivity contribution >= 4 is 5.71 Å². The van der Waals surface area contributed by atoms with Crippen molar-refractivity contribution < 1.29 is 10.0 Å². The topological polar surface area (TPSA) is 94.7 Å². The molecule has 0 radical (unpaired) electrons. The Hall–Kier alpha value is -2.67. The van der Waals surface area contributed by atoms with Crippen LogP contribution < -0.4 is 21.3 Å². The van der Waals surface area contributed by atoms with Crippen LogP contribution in [0.15, 0.2) is 44.9 Å². The number of H-pyrrole nitrogens is 1. The third kappa shape index (κ3) is 4.59. The number of aromatic amines is 1. The summed E-state index contributed by atoms with van der Waals surface area (Å²) >= 11 is 0. The zero-order valence-corrected chi connectivity index (χ0v) is 16.4. The van der Waals surface area contributed by atoms with Crippen molar-refractivity contribution in [3.63, 3.8) is 0 Å². The summed E-state index contributed by atoms with van der Waals surface area (Å²) in [7, 11) is 0. The number of nitrogens with one attached hydrogen (secondary N) is 2. The van der Waals surface area contributed by atoms with Crippen molar-refractivity contribution in [2.24, 2.45) is 4.99 Å². The van der Waals surface area contributed by atoms with E-state index in [2.05, 4.69) is 9.98 Å². The summed E-state index contributed by atoms with van der Waals surface area (Å²) in [5.41, 5.74) is -0.529. The number of quaternary nitrogens is 1. The summed E-state index contributed by atoms with van der Waals surface area (Å²) in [4.78, 5) is 33.0. The highest BCUT2D eigenvalue weighted by molar-refractivity contribution is 6.01. The molecule has 1 aliphatic rings. The van der Waals surface area contributed by atoms with Crippen LogP contribution in [0, 0.1) is 0 Å². The first-order valence-electron chi connectivity index (χ1n) is 10.1. The molecular formula is C21H28N4O3. The van der Waals surface area contributed by atoms with Gasteiger partial charge in [-0.1, -0.05) is 25.1 Å². The van der Waals surface area contributed by atoms with E-state index in [4.69, 9.17) is 0 Å². The van der Waals surface area contributed by atoms with E-state index in [0.717, 1.165) is 17.5 Å². The number of para-hydroxylation sites is 1. The number of benzene rings is 1. The Morgan fingerprint density at radius 1 is 1.18 bits per heavy atom. The lowest BCUT2D eigenvalue weighted by atomic mass is 10.1. The average Bonchev–Trinajstić information content (AvgIpc) is 2.71. The van der Waals surface area contributed by atoms with E-state index in [-0.39, 0.29) is 5.56 Å². The number of hydrogen-bond acceptors (Lipinski definition) is 4. The van der Waals surface area contributed by atoms with Crippen LogP contribution in [0.4, 0.5) is 0 Å². The Morgan fingerprint density at radius 3 is 2.57 bits per heavy atom. The molecule has 28 heavy (non-hydrogen) atoms. The first-order valence-corrected chi connectivity index (χ1v) is 10.1. The van der Waals surface area contributed by atoms with Gasteiger partial charge in [0.2, 0.25) is 0 Å². The third-order valence-electron chi connectivity index (χ3n) is 5.26. The van der Waals surface area contributed by atoms with Crippen molar-refractivity contribution in [3.05, 3.63) is 56.7 Å². The molecule has 0 aliphatic carbocycles. The van der Waals surface area contributed by atoms with Gasteiger partial charge in [0.05, 0.1) is 25.2 Å². The highest BCUT2D eigenvalue weighted by Crippen LogP contribution is 2.15. The van der Waals surface area contributed by atoms with Crippen molar-refractivity contribution in [2.45, 2.75) is 39.0 Å². The largest absolute Gasteiger partial charge is 0.859 e. The molecule has 0 unspecified atom stereocenters. The number of likely N-dealkylation sites (tertiary alicyclic amines) is 1. The van der Waals surface area contributed by atoms with Crippen molar-refractivity contribution in [1.82, 2.24) is 9.55 Å². The zero-order valence-electron chi connectivity index (χ0n) is 16.4. The lowest BCUT2D eigenvalue weighted by Gasteiger charge is -2.23. The smallest absolute Gasteiger partial charge is 0.332 e. The van der Waals surface area contributed by atoms with E-state index >= 15 is 0 Å². The second-order valence-corrected chi connectivity index (χ2v) is 7.21. The Morgan fingerprint density at radius 2 is 1.89 bits per heavy atom. The standard InChI is InChI=1S/C21H28N4O3/c1-2-17(22-12-9-15-24-13-7-4-8-14-24)18-19(26)23-21(28)25(20(18)27)16-10-5-3-6-11-16/h3,5-6,10-11,27H,2,4,7-9,12-15H2,1H3,(H,23,26,28). The summed E-state index contributed by atoms with van der Waals surface area (Å²) in [6.07, 6.45) is 5.28. The molecule has 1 fully saturated rings. The number of aliphatic imine (C=N–C) groups is 1. The molecule has 0 bridgehead atoms. The van der Waals surface area contributed by atoms with Gasteiger partial charge in [0, 0.05) is 24.4 Å². The minimum absolute atomic E-state index is 0.0312. The Bertz CT molecular complexity index is 925. The van der Waals surface area contributed by atoms with E-state index < -0.39 is 17.1 Å². The fourth-order valence-corrected chi connectivity index (χ4v) is 3.80. The summed E-state index contributed by atoms with van der Waals surface area (Å²) in [5.74, 6) is -0.609. The number of aromatic nitrogens is 2. The Kier molecular flexibility index (Phi) is 6.81. The lowest BCUT2D eigenvalue weighted by molar-refractivity contribution is -0.904. The number of piperidine rings is 1. The summed E-state index contributed by atoms with van der Waals surface area (Å²) < 4.78 is 1.000.